The summed E-state index contributed by atoms with van der Waals surface area (Å²) in [6.45, 7) is 13.9. The number of amides is 2. The quantitative estimate of drug-likeness (QED) is 0.358. The molecule has 0 radical (unpaired) electrons. The lowest BCUT2D eigenvalue weighted by atomic mass is 9.96. The van der Waals surface area contributed by atoms with E-state index < -0.39 is 47.1 Å². The van der Waals surface area contributed by atoms with Crippen LogP contribution in [0.25, 0.3) is 0 Å². The van der Waals surface area contributed by atoms with Crippen LogP contribution < -0.4 is 0 Å². The normalized spacial score (nSPS) is 18.6. The van der Waals surface area contributed by atoms with E-state index in [4.69, 9.17) is 14.2 Å². The zero-order chi connectivity index (χ0) is 25.0. The van der Waals surface area contributed by atoms with Gasteiger partial charge in [0.1, 0.15) is 23.9 Å². The minimum Gasteiger partial charge on any atom is -0.459 e. The third kappa shape index (κ3) is 7.73. The van der Waals surface area contributed by atoms with E-state index in [2.05, 4.69) is 6.58 Å². The molecule has 1 aromatic rings. The Bertz CT molecular complexity index is 909. The molecule has 1 aliphatic heterocycles. The standard InChI is InChI=1S/C25H33NO7/c1-16(21(28)32-24(2,3)4)13-18-14-19(22(29)31-15-17-11-9-8-10-12-17)26(20(18)27)23(30)33-25(5,6)7/h8-12,18-19H,1,13-15H2,2-7H3/t18-,19+/m1/s1. The van der Waals surface area contributed by atoms with Crippen molar-refractivity contribution >= 4 is 23.9 Å². The number of rotatable bonds is 6. The summed E-state index contributed by atoms with van der Waals surface area (Å²) >= 11 is 0. The number of hydrogen-bond donors (Lipinski definition) is 0. The largest absolute Gasteiger partial charge is 0.459 e. The van der Waals surface area contributed by atoms with E-state index in [0.29, 0.717) is 0 Å². The lowest BCUT2D eigenvalue weighted by Gasteiger charge is -2.26. The van der Waals surface area contributed by atoms with Gasteiger partial charge in [0.15, 0.2) is 0 Å². The highest BCUT2D eigenvalue weighted by Crippen LogP contribution is 2.32. The van der Waals surface area contributed by atoms with Crippen molar-refractivity contribution in [1.29, 1.82) is 0 Å². The summed E-state index contributed by atoms with van der Waals surface area (Å²) in [6, 6.07) is 7.90. The van der Waals surface area contributed by atoms with Crippen LogP contribution in [0.1, 0.15) is 59.9 Å². The lowest BCUT2D eigenvalue weighted by Crippen LogP contribution is -2.46. The fourth-order valence-electron chi connectivity index (χ4n) is 3.28. The van der Waals surface area contributed by atoms with Gasteiger partial charge in [0.2, 0.25) is 5.91 Å². The first-order chi connectivity index (χ1) is 15.2. The summed E-state index contributed by atoms with van der Waals surface area (Å²) in [6.07, 6.45) is -0.984. The van der Waals surface area contributed by atoms with Crippen LogP contribution in [0, 0.1) is 5.92 Å². The van der Waals surface area contributed by atoms with Crippen molar-refractivity contribution in [2.24, 2.45) is 5.92 Å². The zero-order valence-corrected chi connectivity index (χ0v) is 20.2. The second-order valence-electron chi connectivity index (χ2n) is 10.0. The molecular formula is C25H33NO7. The Morgan fingerprint density at radius 2 is 1.58 bits per heavy atom. The Kier molecular flexibility index (Phi) is 8.06. The summed E-state index contributed by atoms with van der Waals surface area (Å²) in [5.41, 5.74) is -0.723. The van der Waals surface area contributed by atoms with Gasteiger partial charge in [-0.25, -0.2) is 19.3 Å². The number of likely N-dealkylation sites (tertiary alicyclic amines) is 1. The van der Waals surface area contributed by atoms with Gasteiger partial charge in [0, 0.05) is 11.5 Å². The monoisotopic (exact) mass is 459 g/mol. The van der Waals surface area contributed by atoms with Crippen molar-refractivity contribution in [1.82, 2.24) is 4.90 Å². The van der Waals surface area contributed by atoms with E-state index in [1.165, 1.54) is 0 Å². The van der Waals surface area contributed by atoms with Gasteiger partial charge in [-0.15, -0.1) is 0 Å². The average Bonchev–Trinajstić information content (AvgIpc) is 3.00. The van der Waals surface area contributed by atoms with E-state index in [-0.39, 0.29) is 25.0 Å². The van der Waals surface area contributed by atoms with Crippen LogP contribution in [0.3, 0.4) is 0 Å². The Morgan fingerprint density at radius 3 is 2.12 bits per heavy atom. The molecule has 8 nitrogen and oxygen atoms in total. The maximum Gasteiger partial charge on any atom is 0.417 e. The van der Waals surface area contributed by atoms with E-state index in [9.17, 15) is 19.2 Å². The molecule has 2 atom stereocenters. The third-order valence-corrected chi connectivity index (χ3v) is 4.67. The fourth-order valence-corrected chi connectivity index (χ4v) is 3.28. The summed E-state index contributed by atoms with van der Waals surface area (Å²) < 4.78 is 16.0. The number of carbonyl (C=O) groups is 4. The van der Waals surface area contributed by atoms with Gasteiger partial charge in [-0.3, -0.25) is 4.79 Å². The average molecular weight is 460 g/mol. The number of carbonyl (C=O) groups excluding carboxylic acids is 4. The number of benzene rings is 1. The van der Waals surface area contributed by atoms with Gasteiger partial charge in [0.25, 0.3) is 0 Å². The molecule has 33 heavy (non-hydrogen) atoms. The predicted octanol–water partition coefficient (Wildman–Crippen LogP) is 4.17. The van der Waals surface area contributed by atoms with Gasteiger partial charge >= 0.3 is 18.0 Å². The predicted molar refractivity (Wildman–Crippen MR) is 121 cm³/mol. The van der Waals surface area contributed by atoms with Crippen molar-refractivity contribution in [2.45, 2.75) is 78.2 Å². The second-order valence-corrected chi connectivity index (χ2v) is 10.0. The lowest BCUT2D eigenvalue weighted by molar-refractivity contribution is -0.152. The highest BCUT2D eigenvalue weighted by molar-refractivity contribution is 6.01. The Hall–Kier alpha value is -3.16. The minimum atomic E-state index is -1.16. The summed E-state index contributed by atoms with van der Waals surface area (Å²) in [5, 5.41) is 0. The van der Waals surface area contributed by atoms with Crippen LogP contribution in [0.5, 0.6) is 0 Å². The van der Waals surface area contributed by atoms with Crippen molar-refractivity contribution in [3.63, 3.8) is 0 Å². The van der Waals surface area contributed by atoms with E-state index in [1.54, 1.807) is 53.7 Å². The van der Waals surface area contributed by atoms with Gasteiger partial charge in [-0.05, 0) is 59.9 Å². The maximum atomic E-state index is 13.1. The number of imide groups is 1. The first-order valence-corrected chi connectivity index (χ1v) is 10.9. The minimum absolute atomic E-state index is 0.00179. The molecule has 1 aliphatic rings. The van der Waals surface area contributed by atoms with E-state index in [1.807, 2.05) is 18.2 Å². The van der Waals surface area contributed by atoms with Gasteiger partial charge in [-0.2, -0.15) is 0 Å². The number of esters is 2. The van der Waals surface area contributed by atoms with Crippen LogP contribution in [0.4, 0.5) is 4.79 Å². The first kappa shape index (κ1) is 26.1. The van der Waals surface area contributed by atoms with E-state index in [0.717, 1.165) is 10.5 Å². The van der Waals surface area contributed by atoms with E-state index >= 15 is 0 Å². The van der Waals surface area contributed by atoms with Crippen molar-refractivity contribution < 1.29 is 33.4 Å². The molecule has 8 heteroatoms. The summed E-state index contributed by atoms with van der Waals surface area (Å²) in [7, 11) is 0. The second kappa shape index (κ2) is 10.2. The maximum absolute atomic E-state index is 13.1. The molecule has 0 spiro atoms. The van der Waals surface area contributed by atoms with Crippen LogP contribution in [-0.2, 0) is 35.2 Å². The third-order valence-electron chi connectivity index (χ3n) is 4.67. The molecule has 1 fully saturated rings. The van der Waals surface area contributed by atoms with Crippen molar-refractivity contribution in [3.8, 4) is 0 Å². The molecule has 1 saturated heterocycles. The fraction of sp³-hybridized carbons (Fsp3) is 0.520. The Morgan fingerprint density at radius 1 is 1.00 bits per heavy atom. The topological polar surface area (TPSA) is 99.2 Å². The summed E-state index contributed by atoms with van der Waals surface area (Å²) in [5.74, 6) is -2.78. The molecule has 0 N–H and O–H groups in total. The zero-order valence-electron chi connectivity index (χ0n) is 20.2. The number of nitrogens with zero attached hydrogens (tertiary/aromatic N) is 1. The molecule has 0 aromatic heterocycles. The van der Waals surface area contributed by atoms with Gasteiger partial charge in [-0.1, -0.05) is 36.9 Å². The Balaban J connectivity index is 2.17. The highest BCUT2D eigenvalue weighted by atomic mass is 16.6. The number of hydrogen-bond acceptors (Lipinski definition) is 7. The molecular weight excluding hydrogens is 426 g/mol. The number of ether oxygens (including phenoxy) is 3. The molecule has 2 rings (SSSR count). The molecule has 1 heterocycles. The molecule has 180 valence electrons. The molecule has 1 aromatic carbocycles. The van der Waals surface area contributed by atoms with Crippen LogP contribution in [0.2, 0.25) is 0 Å². The molecule has 2 amide bonds. The molecule has 0 saturated carbocycles. The SMILES string of the molecule is C=C(C[C@@H]1C[C@@H](C(=O)OCc2ccccc2)N(C(=O)OC(C)(C)C)C1=O)C(=O)OC(C)(C)C. The van der Waals surface area contributed by atoms with Gasteiger partial charge < -0.3 is 14.2 Å². The molecule has 0 bridgehead atoms. The van der Waals surface area contributed by atoms with Crippen molar-refractivity contribution in [3.05, 3.63) is 48.0 Å². The van der Waals surface area contributed by atoms with Crippen LogP contribution in [0.15, 0.2) is 42.5 Å². The molecule has 0 aliphatic carbocycles. The first-order valence-electron chi connectivity index (χ1n) is 10.9. The smallest absolute Gasteiger partial charge is 0.417 e. The van der Waals surface area contributed by atoms with Crippen LogP contribution >= 0.6 is 0 Å². The van der Waals surface area contributed by atoms with Gasteiger partial charge in [0.05, 0.1) is 0 Å². The molecule has 0 unspecified atom stereocenters. The highest BCUT2D eigenvalue weighted by Gasteiger charge is 2.49. The Labute approximate surface area is 194 Å². The summed E-state index contributed by atoms with van der Waals surface area (Å²) in [4.78, 5) is 51.8. The van der Waals surface area contributed by atoms with Crippen LogP contribution in [-0.4, -0.2) is 46.1 Å². The van der Waals surface area contributed by atoms with Crippen molar-refractivity contribution in [2.75, 3.05) is 0 Å².